The molecule has 2 N–H and O–H groups in total. The van der Waals surface area contributed by atoms with Crippen LogP contribution in [0, 0.1) is 0 Å². The van der Waals surface area contributed by atoms with E-state index in [9.17, 15) is 4.79 Å². The highest BCUT2D eigenvalue weighted by molar-refractivity contribution is 5.76. The molecule has 7 nitrogen and oxygen atoms in total. The van der Waals surface area contributed by atoms with E-state index < -0.39 is 0 Å². The van der Waals surface area contributed by atoms with Crippen LogP contribution in [0.15, 0.2) is 12.4 Å². The molecule has 1 aliphatic rings. The van der Waals surface area contributed by atoms with Crippen LogP contribution in [0.4, 0.5) is 0 Å². The van der Waals surface area contributed by atoms with Gasteiger partial charge in [0.15, 0.2) is 0 Å². The fraction of sp³-hybridized carbons (Fsp3) is 0.700. The van der Waals surface area contributed by atoms with E-state index in [4.69, 9.17) is 4.74 Å². The highest BCUT2D eigenvalue weighted by Gasteiger charge is 2.16. The van der Waals surface area contributed by atoms with Crippen molar-refractivity contribution < 1.29 is 9.53 Å². The first kappa shape index (κ1) is 12.0. The molecule has 1 unspecified atom stereocenters. The van der Waals surface area contributed by atoms with Gasteiger partial charge in [-0.2, -0.15) is 0 Å². The smallest absolute Gasteiger partial charge is 0.221 e. The van der Waals surface area contributed by atoms with Crippen LogP contribution in [0.25, 0.3) is 0 Å². The van der Waals surface area contributed by atoms with Gasteiger partial charge >= 0.3 is 0 Å². The predicted molar refractivity (Wildman–Crippen MR) is 60.3 cm³/mol. The van der Waals surface area contributed by atoms with E-state index in [0.717, 1.165) is 13.2 Å². The van der Waals surface area contributed by atoms with Crippen LogP contribution >= 0.6 is 0 Å². The summed E-state index contributed by atoms with van der Waals surface area (Å²) in [5.41, 5.74) is 0. The van der Waals surface area contributed by atoms with E-state index in [1.807, 2.05) is 0 Å². The zero-order chi connectivity index (χ0) is 11.9. The predicted octanol–water partition coefficient (Wildman–Crippen LogP) is -1.23. The molecule has 0 radical (unpaired) electrons. The van der Waals surface area contributed by atoms with Gasteiger partial charge in [0.25, 0.3) is 0 Å². The Morgan fingerprint density at radius 3 is 3.29 bits per heavy atom. The lowest BCUT2D eigenvalue weighted by Crippen LogP contribution is -2.44. The SMILES string of the molecule is O=C(CC1COCCN1)NCCn1ccnn1. The molecular weight excluding hydrogens is 222 g/mol. The highest BCUT2D eigenvalue weighted by Crippen LogP contribution is 1.97. The van der Waals surface area contributed by atoms with Crippen molar-refractivity contribution in [3.05, 3.63) is 12.4 Å². The molecule has 1 atom stereocenters. The highest BCUT2D eigenvalue weighted by atomic mass is 16.5. The zero-order valence-electron chi connectivity index (χ0n) is 9.63. The zero-order valence-corrected chi connectivity index (χ0v) is 9.63. The number of rotatable bonds is 5. The fourth-order valence-electron chi connectivity index (χ4n) is 1.71. The second-order valence-electron chi connectivity index (χ2n) is 3.95. The van der Waals surface area contributed by atoms with Crippen LogP contribution in [0.5, 0.6) is 0 Å². The number of morpholine rings is 1. The lowest BCUT2D eigenvalue weighted by atomic mass is 10.2. The number of nitrogens with one attached hydrogen (secondary N) is 2. The van der Waals surface area contributed by atoms with E-state index in [2.05, 4.69) is 20.9 Å². The molecule has 94 valence electrons. The van der Waals surface area contributed by atoms with Gasteiger partial charge in [0, 0.05) is 31.7 Å². The summed E-state index contributed by atoms with van der Waals surface area (Å²) in [4.78, 5) is 11.6. The normalized spacial score (nSPS) is 20.1. The van der Waals surface area contributed by atoms with Crippen LogP contribution in [-0.2, 0) is 16.1 Å². The molecule has 2 rings (SSSR count). The standard InChI is InChI=1S/C10H17N5O2/c16-10(7-9-8-17-6-3-11-9)12-1-4-15-5-2-13-14-15/h2,5,9,11H,1,3-4,6-8H2,(H,12,16). The number of hydrogen-bond donors (Lipinski definition) is 2. The third-order valence-electron chi connectivity index (χ3n) is 2.57. The van der Waals surface area contributed by atoms with Crippen LogP contribution < -0.4 is 10.6 Å². The van der Waals surface area contributed by atoms with E-state index in [1.54, 1.807) is 17.1 Å². The third kappa shape index (κ3) is 4.12. The maximum atomic E-state index is 11.6. The van der Waals surface area contributed by atoms with Crippen molar-refractivity contribution in [2.24, 2.45) is 0 Å². The van der Waals surface area contributed by atoms with Gasteiger partial charge in [-0.1, -0.05) is 5.21 Å². The van der Waals surface area contributed by atoms with Gasteiger partial charge < -0.3 is 15.4 Å². The maximum Gasteiger partial charge on any atom is 0.221 e. The molecule has 17 heavy (non-hydrogen) atoms. The van der Waals surface area contributed by atoms with E-state index in [1.165, 1.54) is 0 Å². The molecule has 0 saturated carbocycles. The molecule has 1 aromatic heterocycles. The Labute approximate surface area is 99.5 Å². The summed E-state index contributed by atoms with van der Waals surface area (Å²) in [6, 6.07) is 0.134. The summed E-state index contributed by atoms with van der Waals surface area (Å²) in [7, 11) is 0. The first-order valence-electron chi connectivity index (χ1n) is 5.76. The average Bonchev–Trinajstić information content (AvgIpc) is 2.83. The quantitative estimate of drug-likeness (QED) is 0.672. The molecule has 1 fully saturated rings. The van der Waals surface area contributed by atoms with Crippen molar-refractivity contribution in [3.8, 4) is 0 Å². The monoisotopic (exact) mass is 239 g/mol. The Bertz CT molecular complexity index is 334. The van der Waals surface area contributed by atoms with Gasteiger partial charge in [-0.3, -0.25) is 9.48 Å². The molecule has 7 heteroatoms. The van der Waals surface area contributed by atoms with Crippen LogP contribution in [0.2, 0.25) is 0 Å². The topological polar surface area (TPSA) is 81.1 Å². The first-order valence-corrected chi connectivity index (χ1v) is 5.76. The maximum absolute atomic E-state index is 11.6. The van der Waals surface area contributed by atoms with Crippen molar-refractivity contribution in [3.63, 3.8) is 0 Å². The number of carbonyl (C=O) groups is 1. The number of aromatic nitrogens is 3. The summed E-state index contributed by atoms with van der Waals surface area (Å²) in [5.74, 6) is 0.0353. The van der Waals surface area contributed by atoms with Gasteiger partial charge in [0.05, 0.1) is 26.0 Å². The molecule has 1 aliphatic heterocycles. The summed E-state index contributed by atoms with van der Waals surface area (Å²) in [6.07, 6.45) is 3.84. The Morgan fingerprint density at radius 1 is 1.65 bits per heavy atom. The summed E-state index contributed by atoms with van der Waals surface area (Å²) in [5, 5.41) is 13.6. The van der Waals surface area contributed by atoms with Gasteiger partial charge in [0.1, 0.15) is 0 Å². The second-order valence-corrected chi connectivity index (χ2v) is 3.95. The Morgan fingerprint density at radius 2 is 2.59 bits per heavy atom. The van der Waals surface area contributed by atoms with Crippen LogP contribution in [0.3, 0.4) is 0 Å². The Balaban J connectivity index is 1.60. The minimum absolute atomic E-state index is 0.0353. The summed E-state index contributed by atoms with van der Waals surface area (Å²) >= 11 is 0. The second kappa shape index (κ2) is 6.31. The molecule has 0 spiro atoms. The minimum atomic E-state index is 0.0353. The number of amides is 1. The van der Waals surface area contributed by atoms with E-state index >= 15 is 0 Å². The van der Waals surface area contributed by atoms with Gasteiger partial charge in [-0.25, -0.2) is 0 Å². The number of ether oxygens (including phenoxy) is 1. The van der Waals surface area contributed by atoms with Crippen molar-refractivity contribution >= 4 is 5.91 Å². The molecule has 1 aromatic rings. The van der Waals surface area contributed by atoms with Gasteiger partial charge in [-0.15, -0.1) is 5.10 Å². The molecule has 0 aliphatic carbocycles. The number of nitrogens with zero attached hydrogens (tertiary/aromatic N) is 3. The molecule has 2 heterocycles. The van der Waals surface area contributed by atoms with Gasteiger partial charge in [-0.05, 0) is 0 Å². The lowest BCUT2D eigenvalue weighted by molar-refractivity contribution is -0.122. The van der Waals surface area contributed by atoms with Crippen molar-refractivity contribution in [1.82, 2.24) is 25.6 Å². The fourth-order valence-corrected chi connectivity index (χ4v) is 1.71. The van der Waals surface area contributed by atoms with Crippen molar-refractivity contribution in [1.29, 1.82) is 0 Å². The summed E-state index contributed by atoms with van der Waals surface area (Å²) in [6.45, 7) is 3.36. The Kier molecular flexibility index (Phi) is 4.45. The number of carbonyl (C=O) groups excluding carboxylic acids is 1. The molecular formula is C10H17N5O2. The van der Waals surface area contributed by atoms with Crippen LogP contribution in [-0.4, -0.2) is 53.2 Å². The number of hydrogen-bond acceptors (Lipinski definition) is 5. The van der Waals surface area contributed by atoms with Crippen LogP contribution in [0.1, 0.15) is 6.42 Å². The van der Waals surface area contributed by atoms with Crippen molar-refractivity contribution in [2.45, 2.75) is 19.0 Å². The Hall–Kier alpha value is -1.47. The third-order valence-corrected chi connectivity index (χ3v) is 2.57. The van der Waals surface area contributed by atoms with E-state index in [0.29, 0.717) is 26.1 Å². The van der Waals surface area contributed by atoms with Gasteiger partial charge in [0.2, 0.25) is 5.91 Å². The molecule has 1 saturated heterocycles. The first-order chi connectivity index (χ1) is 8.34. The average molecular weight is 239 g/mol. The summed E-state index contributed by atoms with van der Waals surface area (Å²) < 4.78 is 6.96. The van der Waals surface area contributed by atoms with E-state index in [-0.39, 0.29) is 11.9 Å². The molecule has 0 aromatic carbocycles. The molecule has 1 amide bonds. The molecule has 0 bridgehead atoms. The van der Waals surface area contributed by atoms with Crippen molar-refractivity contribution in [2.75, 3.05) is 26.3 Å². The lowest BCUT2D eigenvalue weighted by Gasteiger charge is -2.23. The largest absolute Gasteiger partial charge is 0.378 e. The minimum Gasteiger partial charge on any atom is -0.378 e.